The number of rotatable bonds is 2. The van der Waals surface area contributed by atoms with Crippen LogP contribution >= 0.6 is 0 Å². The lowest BCUT2D eigenvalue weighted by atomic mass is 10.3. The van der Waals surface area contributed by atoms with Gasteiger partial charge in [0.05, 0.1) is 12.1 Å². The van der Waals surface area contributed by atoms with Crippen molar-refractivity contribution in [2.45, 2.75) is 13.3 Å². The number of anilines is 1. The molecule has 2 rings (SSSR count). The molecule has 1 aromatic rings. The molecule has 1 fully saturated rings. The van der Waals surface area contributed by atoms with E-state index >= 15 is 0 Å². The van der Waals surface area contributed by atoms with Crippen molar-refractivity contribution >= 4 is 23.6 Å². The van der Waals surface area contributed by atoms with E-state index in [1.165, 1.54) is 6.92 Å². The molecule has 1 saturated heterocycles. The third kappa shape index (κ3) is 2.17. The van der Waals surface area contributed by atoms with E-state index in [4.69, 9.17) is 4.74 Å². The number of carbonyl (C=O) groups excluding carboxylic acids is 3. The molecule has 1 aromatic carbocycles. The number of nitrogens with zero attached hydrogens (tertiary/aromatic N) is 2. The van der Waals surface area contributed by atoms with Gasteiger partial charge < -0.3 is 4.74 Å². The first-order valence-corrected chi connectivity index (χ1v) is 5.46. The SMILES string of the molecule is CC(=O)N(c1ccccc1)N1C(=O)CCOC1=O. The van der Waals surface area contributed by atoms with Gasteiger partial charge in [0.15, 0.2) is 0 Å². The van der Waals surface area contributed by atoms with Crippen LogP contribution in [0.3, 0.4) is 0 Å². The van der Waals surface area contributed by atoms with Crippen LogP contribution in [0.5, 0.6) is 0 Å². The van der Waals surface area contributed by atoms with Crippen LogP contribution in [0.4, 0.5) is 10.5 Å². The normalized spacial score (nSPS) is 15.3. The van der Waals surface area contributed by atoms with E-state index in [9.17, 15) is 14.4 Å². The average molecular weight is 248 g/mol. The summed E-state index contributed by atoms with van der Waals surface area (Å²) in [5, 5.41) is 1.75. The first-order valence-electron chi connectivity index (χ1n) is 5.46. The number of cyclic esters (lactones) is 1. The van der Waals surface area contributed by atoms with Crippen LogP contribution in [0.15, 0.2) is 30.3 Å². The monoisotopic (exact) mass is 248 g/mol. The smallest absolute Gasteiger partial charge is 0.436 e. The third-order valence-corrected chi connectivity index (χ3v) is 2.45. The van der Waals surface area contributed by atoms with E-state index in [0.29, 0.717) is 5.69 Å². The average Bonchev–Trinajstić information content (AvgIpc) is 2.34. The van der Waals surface area contributed by atoms with Crippen molar-refractivity contribution in [3.8, 4) is 0 Å². The first kappa shape index (κ1) is 12.1. The number of hydrazine groups is 1. The number of carbonyl (C=O) groups is 3. The van der Waals surface area contributed by atoms with E-state index in [-0.39, 0.29) is 13.0 Å². The molecule has 0 aromatic heterocycles. The highest BCUT2D eigenvalue weighted by Crippen LogP contribution is 2.20. The van der Waals surface area contributed by atoms with E-state index in [0.717, 1.165) is 10.0 Å². The number of para-hydroxylation sites is 1. The van der Waals surface area contributed by atoms with E-state index in [1.807, 2.05) is 0 Å². The van der Waals surface area contributed by atoms with Crippen molar-refractivity contribution in [1.29, 1.82) is 0 Å². The van der Waals surface area contributed by atoms with Crippen molar-refractivity contribution in [3.05, 3.63) is 30.3 Å². The molecule has 1 aliphatic rings. The van der Waals surface area contributed by atoms with E-state index < -0.39 is 17.9 Å². The van der Waals surface area contributed by atoms with Crippen molar-refractivity contribution < 1.29 is 19.1 Å². The molecule has 0 atom stereocenters. The molecular weight excluding hydrogens is 236 g/mol. The molecule has 6 heteroatoms. The summed E-state index contributed by atoms with van der Waals surface area (Å²) < 4.78 is 4.79. The van der Waals surface area contributed by atoms with Crippen molar-refractivity contribution in [3.63, 3.8) is 0 Å². The minimum Gasteiger partial charge on any atom is -0.447 e. The van der Waals surface area contributed by atoms with Crippen LogP contribution in [-0.2, 0) is 14.3 Å². The van der Waals surface area contributed by atoms with E-state index in [2.05, 4.69) is 0 Å². The Labute approximate surface area is 104 Å². The second-order valence-corrected chi connectivity index (χ2v) is 3.74. The Morgan fingerprint density at radius 1 is 1.28 bits per heavy atom. The zero-order valence-corrected chi connectivity index (χ0v) is 9.83. The van der Waals surface area contributed by atoms with Crippen molar-refractivity contribution in [1.82, 2.24) is 5.01 Å². The van der Waals surface area contributed by atoms with Crippen LogP contribution in [-0.4, -0.2) is 29.5 Å². The highest BCUT2D eigenvalue weighted by atomic mass is 16.6. The second-order valence-electron chi connectivity index (χ2n) is 3.74. The summed E-state index contributed by atoms with van der Waals surface area (Å²) in [7, 11) is 0. The zero-order valence-electron chi connectivity index (χ0n) is 9.83. The largest absolute Gasteiger partial charge is 0.447 e. The Morgan fingerprint density at radius 2 is 1.94 bits per heavy atom. The van der Waals surface area contributed by atoms with Crippen molar-refractivity contribution in [2.75, 3.05) is 11.6 Å². The molecule has 0 radical (unpaired) electrons. The van der Waals surface area contributed by atoms with Crippen LogP contribution in [0, 0.1) is 0 Å². The van der Waals surface area contributed by atoms with E-state index in [1.54, 1.807) is 30.3 Å². The predicted octanol–water partition coefficient (Wildman–Crippen LogP) is 1.32. The fraction of sp³-hybridized carbons (Fsp3) is 0.250. The highest BCUT2D eigenvalue weighted by molar-refractivity contribution is 6.03. The minimum absolute atomic E-state index is 0.0503. The fourth-order valence-corrected chi connectivity index (χ4v) is 1.69. The highest BCUT2D eigenvalue weighted by Gasteiger charge is 2.35. The first-order chi connectivity index (χ1) is 8.61. The Balaban J connectivity index is 2.39. The van der Waals surface area contributed by atoms with Gasteiger partial charge in [-0.2, -0.15) is 0 Å². The Hall–Kier alpha value is -2.37. The van der Waals surface area contributed by atoms with Gasteiger partial charge >= 0.3 is 6.09 Å². The van der Waals surface area contributed by atoms with Crippen LogP contribution in [0.25, 0.3) is 0 Å². The van der Waals surface area contributed by atoms with Crippen LogP contribution in [0.1, 0.15) is 13.3 Å². The van der Waals surface area contributed by atoms with Crippen LogP contribution < -0.4 is 5.01 Å². The van der Waals surface area contributed by atoms with Gasteiger partial charge in [-0.15, -0.1) is 5.01 Å². The molecule has 18 heavy (non-hydrogen) atoms. The number of hydrogen-bond acceptors (Lipinski definition) is 4. The Morgan fingerprint density at radius 3 is 2.50 bits per heavy atom. The molecule has 1 heterocycles. The molecule has 6 nitrogen and oxygen atoms in total. The lowest BCUT2D eigenvalue weighted by molar-refractivity contribution is -0.138. The molecule has 0 bridgehead atoms. The van der Waals surface area contributed by atoms with Gasteiger partial charge in [0.25, 0.3) is 5.91 Å². The fourth-order valence-electron chi connectivity index (χ4n) is 1.69. The topological polar surface area (TPSA) is 66.9 Å². The zero-order chi connectivity index (χ0) is 13.1. The Bertz CT molecular complexity index is 470. The summed E-state index contributed by atoms with van der Waals surface area (Å²) >= 11 is 0. The predicted molar refractivity (Wildman–Crippen MR) is 62.4 cm³/mol. The molecule has 94 valence electrons. The maximum atomic E-state index is 11.8. The molecule has 3 amide bonds. The van der Waals surface area contributed by atoms with Gasteiger partial charge in [0, 0.05) is 6.92 Å². The maximum Gasteiger partial charge on any atom is 0.436 e. The van der Waals surface area contributed by atoms with Crippen molar-refractivity contribution in [2.24, 2.45) is 0 Å². The molecule has 0 N–H and O–H groups in total. The molecule has 0 aliphatic carbocycles. The minimum atomic E-state index is -0.828. The number of benzene rings is 1. The molecule has 1 aliphatic heterocycles. The van der Waals surface area contributed by atoms with Gasteiger partial charge in [-0.05, 0) is 12.1 Å². The quantitative estimate of drug-likeness (QED) is 0.791. The molecule has 0 spiro atoms. The summed E-state index contributed by atoms with van der Waals surface area (Å²) in [5.74, 6) is -0.890. The van der Waals surface area contributed by atoms with Gasteiger partial charge in [-0.3, -0.25) is 9.59 Å². The van der Waals surface area contributed by atoms with Gasteiger partial charge in [0.1, 0.15) is 6.61 Å². The lowest BCUT2D eigenvalue weighted by Gasteiger charge is -2.33. The maximum absolute atomic E-state index is 11.8. The summed E-state index contributed by atoms with van der Waals surface area (Å²) in [6.45, 7) is 1.33. The number of imide groups is 1. The summed E-state index contributed by atoms with van der Waals surface area (Å²) in [5.41, 5.74) is 0.442. The number of hydrogen-bond donors (Lipinski definition) is 0. The third-order valence-electron chi connectivity index (χ3n) is 2.45. The molecule has 0 unspecified atom stereocenters. The van der Waals surface area contributed by atoms with Gasteiger partial charge in [-0.25, -0.2) is 9.80 Å². The molecule has 0 saturated carbocycles. The second kappa shape index (κ2) is 4.87. The standard InChI is InChI=1S/C12H12N2O4/c1-9(15)13(10-5-3-2-4-6-10)14-11(16)7-8-18-12(14)17/h2-6H,7-8H2,1H3. The number of amides is 3. The summed E-state index contributed by atoms with van der Waals surface area (Å²) in [4.78, 5) is 35.0. The molecular formula is C12H12N2O4. The van der Waals surface area contributed by atoms with Crippen LogP contribution in [0.2, 0.25) is 0 Å². The number of ether oxygens (including phenoxy) is 1. The van der Waals surface area contributed by atoms with Gasteiger partial charge in [0.2, 0.25) is 5.91 Å². The lowest BCUT2D eigenvalue weighted by Crippen LogP contribution is -2.55. The summed E-state index contributed by atoms with van der Waals surface area (Å²) in [6, 6.07) is 8.47. The van der Waals surface area contributed by atoms with Gasteiger partial charge in [-0.1, -0.05) is 18.2 Å². The Kier molecular flexibility index (Phi) is 3.27. The summed E-state index contributed by atoms with van der Waals surface area (Å²) in [6.07, 6.45) is -0.757.